The minimum absolute atomic E-state index is 0.137. The van der Waals surface area contributed by atoms with E-state index < -0.39 is 5.91 Å². The first-order chi connectivity index (χ1) is 15.8. The molecule has 5 N–H and O–H groups in total. The third-order valence-electron chi connectivity index (χ3n) is 6.07. The summed E-state index contributed by atoms with van der Waals surface area (Å²) in [4.78, 5) is 36.5. The van der Waals surface area contributed by atoms with Crippen LogP contribution in [0.2, 0.25) is 0 Å². The van der Waals surface area contributed by atoms with Gasteiger partial charge < -0.3 is 16.8 Å². The van der Waals surface area contributed by atoms with E-state index >= 15 is 0 Å². The van der Waals surface area contributed by atoms with Crippen LogP contribution in [0, 0.1) is 6.92 Å². The molecular weight excluding hydrogens is 418 g/mol. The van der Waals surface area contributed by atoms with Gasteiger partial charge in [0, 0.05) is 30.5 Å². The number of carbonyl (C=O) groups excluding carboxylic acids is 3. The van der Waals surface area contributed by atoms with Crippen molar-refractivity contribution in [1.29, 1.82) is 0 Å². The Kier molecular flexibility index (Phi) is 6.26. The summed E-state index contributed by atoms with van der Waals surface area (Å²) in [5, 5.41) is 7.50. The van der Waals surface area contributed by atoms with Crippen molar-refractivity contribution in [3.05, 3.63) is 70.8 Å². The van der Waals surface area contributed by atoms with Gasteiger partial charge in [-0.05, 0) is 37.0 Å². The largest absolute Gasteiger partial charge is 0.383 e. The predicted octanol–water partition coefficient (Wildman–Crippen LogP) is 3.15. The molecule has 2 aromatic carbocycles. The zero-order chi connectivity index (χ0) is 23.5. The van der Waals surface area contributed by atoms with Gasteiger partial charge in [0.25, 0.3) is 11.8 Å². The Bertz CT molecular complexity index is 1210. The SMILES string of the molecule is Cc1ccccc1C(=O)NCc1ccc(-c2nn(C3CCCC(=O)C3)c(N)c2C(N)=O)cc1. The number of aromatic nitrogens is 2. The van der Waals surface area contributed by atoms with Crippen molar-refractivity contribution >= 4 is 23.4 Å². The van der Waals surface area contributed by atoms with Crippen molar-refractivity contribution in [3.63, 3.8) is 0 Å². The Balaban J connectivity index is 1.54. The molecule has 170 valence electrons. The summed E-state index contributed by atoms with van der Waals surface area (Å²) < 4.78 is 1.57. The average Bonchev–Trinajstić information content (AvgIpc) is 3.15. The number of aryl methyl sites for hydroxylation is 1. The summed E-state index contributed by atoms with van der Waals surface area (Å²) >= 11 is 0. The average molecular weight is 446 g/mol. The molecule has 1 aromatic heterocycles. The lowest BCUT2D eigenvalue weighted by Gasteiger charge is -2.22. The summed E-state index contributed by atoms with van der Waals surface area (Å²) in [5.41, 5.74) is 15.5. The van der Waals surface area contributed by atoms with E-state index in [0.29, 0.717) is 36.2 Å². The van der Waals surface area contributed by atoms with Crippen LogP contribution in [0.4, 0.5) is 5.82 Å². The second-order valence-electron chi connectivity index (χ2n) is 8.40. The molecule has 0 radical (unpaired) electrons. The number of benzene rings is 2. The van der Waals surface area contributed by atoms with Crippen LogP contribution in [0.5, 0.6) is 0 Å². The van der Waals surface area contributed by atoms with Crippen molar-refractivity contribution in [2.45, 2.75) is 45.2 Å². The molecule has 1 saturated carbocycles. The summed E-state index contributed by atoms with van der Waals surface area (Å²) in [5.74, 6) is -0.445. The molecule has 8 nitrogen and oxygen atoms in total. The molecule has 1 unspecified atom stereocenters. The first-order valence-electron chi connectivity index (χ1n) is 11.0. The predicted molar refractivity (Wildman–Crippen MR) is 125 cm³/mol. The molecule has 0 aliphatic heterocycles. The number of ketones is 1. The topological polar surface area (TPSA) is 133 Å². The van der Waals surface area contributed by atoms with Gasteiger partial charge in [0.05, 0.1) is 6.04 Å². The van der Waals surface area contributed by atoms with Gasteiger partial charge in [0.15, 0.2) is 0 Å². The molecule has 1 aliphatic carbocycles. The lowest BCUT2D eigenvalue weighted by molar-refractivity contribution is -0.121. The van der Waals surface area contributed by atoms with Gasteiger partial charge in [-0.1, -0.05) is 42.5 Å². The molecular formula is C25H27N5O3. The maximum atomic E-state index is 12.4. The van der Waals surface area contributed by atoms with Crippen LogP contribution < -0.4 is 16.8 Å². The van der Waals surface area contributed by atoms with Crippen LogP contribution >= 0.6 is 0 Å². The molecule has 0 saturated heterocycles. The van der Waals surface area contributed by atoms with Crippen molar-refractivity contribution in [1.82, 2.24) is 15.1 Å². The highest BCUT2D eigenvalue weighted by molar-refractivity contribution is 6.03. The highest BCUT2D eigenvalue weighted by atomic mass is 16.2. The summed E-state index contributed by atoms with van der Waals surface area (Å²) in [7, 11) is 0. The van der Waals surface area contributed by atoms with E-state index in [0.717, 1.165) is 24.0 Å². The Morgan fingerprint density at radius 1 is 1.15 bits per heavy atom. The van der Waals surface area contributed by atoms with Gasteiger partial charge >= 0.3 is 0 Å². The van der Waals surface area contributed by atoms with E-state index in [-0.39, 0.29) is 29.1 Å². The highest BCUT2D eigenvalue weighted by Gasteiger charge is 2.28. The number of anilines is 1. The molecule has 33 heavy (non-hydrogen) atoms. The van der Waals surface area contributed by atoms with E-state index in [1.807, 2.05) is 49.4 Å². The fraction of sp³-hybridized carbons (Fsp3) is 0.280. The van der Waals surface area contributed by atoms with Crippen molar-refractivity contribution in [2.24, 2.45) is 5.73 Å². The Morgan fingerprint density at radius 3 is 2.55 bits per heavy atom. The van der Waals surface area contributed by atoms with Crippen molar-refractivity contribution in [2.75, 3.05) is 5.73 Å². The highest BCUT2D eigenvalue weighted by Crippen LogP contribution is 2.33. The van der Waals surface area contributed by atoms with Gasteiger partial charge in [-0.25, -0.2) is 4.68 Å². The minimum atomic E-state index is -0.662. The van der Waals surface area contributed by atoms with Crippen molar-refractivity contribution in [3.8, 4) is 11.3 Å². The van der Waals surface area contributed by atoms with Gasteiger partial charge in [-0.2, -0.15) is 5.10 Å². The number of carbonyl (C=O) groups is 3. The number of nitrogen functional groups attached to an aromatic ring is 1. The van der Waals surface area contributed by atoms with E-state index in [1.54, 1.807) is 10.7 Å². The number of nitrogens with zero attached hydrogens (tertiary/aromatic N) is 2. The Morgan fingerprint density at radius 2 is 1.88 bits per heavy atom. The van der Waals surface area contributed by atoms with Gasteiger partial charge in [-0.15, -0.1) is 0 Å². The number of nitrogens with two attached hydrogens (primary N) is 2. The first kappa shape index (κ1) is 22.3. The van der Waals surface area contributed by atoms with Crippen LogP contribution in [0.25, 0.3) is 11.3 Å². The smallest absolute Gasteiger partial charge is 0.254 e. The number of hydrogen-bond donors (Lipinski definition) is 3. The fourth-order valence-electron chi connectivity index (χ4n) is 4.27. The summed E-state index contributed by atoms with van der Waals surface area (Å²) in [6.45, 7) is 2.25. The molecule has 1 fully saturated rings. The normalized spacial score (nSPS) is 15.9. The van der Waals surface area contributed by atoms with Crippen LogP contribution in [-0.2, 0) is 11.3 Å². The molecule has 2 amide bonds. The van der Waals surface area contributed by atoms with E-state index in [9.17, 15) is 14.4 Å². The molecule has 0 bridgehead atoms. The van der Waals surface area contributed by atoms with Crippen molar-refractivity contribution < 1.29 is 14.4 Å². The summed E-state index contributed by atoms with van der Waals surface area (Å²) in [6, 6.07) is 14.6. The monoisotopic (exact) mass is 445 g/mol. The zero-order valence-electron chi connectivity index (χ0n) is 18.5. The van der Waals surface area contributed by atoms with Crippen LogP contribution in [0.1, 0.15) is 63.6 Å². The third-order valence-corrected chi connectivity index (χ3v) is 6.07. The second kappa shape index (κ2) is 9.28. The molecule has 4 rings (SSSR count). The maximum absolute atomic E-state index is 12.4. The number of primary amides is 1. The lowest BCUT2D eigenvalue weighted by atomic mass is 9.94. The zero-order valence-corrected chi connectivity index (χ0v) is 18.5. The maximum Gasteiger partial charge on any atom is 0.254 e. The van der Waals surface area contributed by atoms with Crippen LogP contribution in [0.15, 0.2) is 48.5 Å². The summed E-state index contributed by atoms with van der Waals surface area (Å²) in [6.07, 6.45) is 2.46. The second-order valence-corrected chi connectivity index (χ2v) is 8.40. The molecule has 1 heterocycles. The molecule has 8 heteroatoms. The lowest BCUT2D eigenvalue weighted by Crippen LogP contribution is -2.23. The van der Waals surface area contributed by atoms with Gasteiger partial charge in [0.1, 0.15) is 22.9 Å². The van der Waals surface area contributed by atoms with Gasteiger partial charge in [-0.3, -0.25) is 14.4 Å². The quantitative estimate of drug-likeness (QED) is 0.536. The molecule has 3 aromatic rings. The Hall–Kier alpha value is -3.94. The Labute approximate surface area is 192 Å². The number of Topliss-reactive ketones (excluding diaryl/α,β-unsaturated/α-hetero) is 1. The van der Waals surface area contributed by atoms with Gasteiger partial charge in [0.2, 0.25) is 0 Å². The number of hydrogen-bond acceptors (Lipinski definition) is 5. The molecule has 1 aliphatic rings. The third kappa shape index (κ3) is 4.64. The fourth-order valence-corrected chi connectivity index (χ4v) is 4.27. The number of rotatable bonds is 6. The first-order valence-corrected chi connectivity index (χ1v) is 11.0. The minimum Gasteiger partial charge on any atom is -0.383 e. The van der Waals surface area contributed by atoms with Crippen LogP contribution in [0.3, 0.4) is 0 Å². The number of amides is 2. The van der Waals surface area contributed by atoms with E-state index in [2.05, 4.69) is 10.4 Å². The van der Waals surface area contributed by atoms with Crippen LogP contribution in [-0.4, -0.2) is 27.4 Å². The molecule has 0 spiro atoms. The number of nitrogens with one attached hydrogen (secondary N) is 1. The van der Waals surface area contributed by atoms with E-state index in [1.165, 1.54) is 0 Å². The standard InChI is InChI=1S/C25H27N5O3/c1-15-5-2-3-8-20(15)25(33)28-14-16-9-11-17(12-10-16)22-21(24(27)32)23(26)30(29-22)18-6-4-7-19(31)13-18/h2-3,5,8-12,18H,4,6-7,13-14,26H2,1H3,(H2,27,32)(H,28,33). The molecule has 1 atom stereocenters. The van der Waals surface area contributed by atoms with E-state index in [4.69, 9.17) is 11.5 Å².